The van der Waals surface area contributed by atoms with Crippen LogP contribution in [0, 0.1) is 0 Å². The Morgan fingerprint density at radius 1 is 0.962 bits per heavy atom. The topological polar surface area (TPSA) is 89.0 Å². The molecule has 0 saturated heterocycles. The molecule has 2 aromatic heterocycles. The first-order valence-electron chi connectivity index (χ1n) is 8.10. The fourth-order valence-electron chi connectivity index (χ4n) is 2.38. The van der Waals surface area contributed by atoms with E-state index in [2.05, 4.69) is 25.6 Å². The van der Waals surface area contributed by atoms with Gasteiger partial charge in [0.15, 0.2) is 0 Å². The lowest BCUT2D eigenvalue weighted by Gasteiger charge is -2.14. The number of hydrogen-bond acceptors (Lipinski definition) is 5. The molecule has 7 nitrogen and oxygen atoms in total. The lowest BCUT2D eigenvalue weighted by molar-refractivity contribution is 0.249. The number of aromatic nitrogens is 3. The molecule has 2 heterocycles. The van der Waals surface area contributed by atoms with Gasteiger partial charge in [-0.05, 0) is 24.6 Å². The standard InChI is InChI=1S/C19H19N5O2/c1-13(14-6-4-3-5-7-14)23-18(25)24-17-9-8-15(10-20-17)16-11-21-19(26-2)22-12-16/h3-13H,1-2H3,(H2,20,23,24,25)/t13-/m0/s1. The second-order valence-electron chi connectivity index (χ2n) is 5.62. The summed E-state index contributed by atoms with van der Waals surface area (Å²) >= 11 is 0. The number of hydrogen-bond donors (Lipinski definition) is 2. The Morgan fingerprint density at radius 2 is 1.65 bits per heavy atom. The molecule has 0 unspecified atom stereocenters. The molecule has 0 bridgehead atoms. The highest BCUT2D eigenvalue weighted by Gasteiger charge is 2.10. The molecule has 0 aliphatic heterocycles. The summed E-state index contributed by atoms with van der Waals surface area (Å²) in [6, 6.07) is 13.2. The number of nitrogens with zero attached hydrogens (tertiary/aromatic N) is 3. The second kappa shape index (κ2) is 8.06. The number of rotatable bonds is 5. The van der Waals surface area contributed by atoms with Crippen molar-refractivity contribution in [3.8, 4) is 17.1 Å². The molecule has 26 heavy (non-hydrogen) atoms. The van der Waals surface area contributed by atoms with Gasteiger partial charge >= 0.3 is 12.0 Å². The molecule has 1 atom stereocenters. The van der Waals surface area contributed by atoms with Gasteiger partial charge in [-0.25, -0.2) is 19.7 Å². The Morgan fingerprint density at radius 3 is 2.27 bits per heavy atom. The highest BCUT2D eigenvalue weighted by atomic mass is 16.5. The number of nitrogens with one attached hydrogen (secondary N) is 2. The van der Waals surface area contributed by atoms with Crippen molar-refractivity contribution in [2.45, 2.75) is 13.0 Å². The fraction of sp³-hybridized carbons (Fsp3) is 0.158. The first-order chi connectivity index (χ1) is 12.7. The molecule has 132 valence electrons. The fourth-order valence-corrected chi connectivity index (χ4v) is 2.38. The number of carbonyl (C=O) groups is 1. The number of methoxy groups -OCH3 is 1. The molecular weight excluding hydrogens is 330 g/mol. The normalized spacial score (nSPS) is 11.5. The van der Waals surface area contributed by atoms with Crippen molar-refractivity contribution in [1.29, 1.82) is 0 Å². The van der Waals surface area contributed by atoms with Gasteiger partial charge in [-0.3, -0.25) is 5.32 Å². The lowest BCUT2D eigenvalue weighted by Crippen LogP contribution is -2.31. The minimum atomic E-state index is -0.311. The van der Waals surface area contributed by atoms with Gasteiger partial charge in [0.25, 0.3) is 0 Å². The maximum absolute atomic E-state index is 12.1. The third-order valence-corrected chi connectivity index (χ3v) is 3.80. The summed E-state index contributed by atoms with van der Waals surface area (Å²) in [7, 11) is 1.51. The van der Waals surface area contributed by atoms with Crippen LogP contribution >= 0.6 is 0 Å². The van der Waals surface area contributed by atoms with Gasteiger partial charge in [-0.1, -0.05) is 30.3 Å². The van der Waals surface area contributed by atoms with Gasteiger partial charge in [0.2, 0.25) is 0 Å². The minimum Gasteiger partial charge on any atom is -0.467 e. The molecule has 1 aromatic carbocycles. The quantitative estimate of drug-likeness (QED) is 0.737. The van der Waals surface area contributed by atoms with Crippen molar-refractivity contribution in [1.82, 2.24) is 20.3 Å². The van der Waals surface area contributed by atoms with Crippen LogP contribution in [0.25, 0.3) is 11.1 Å². The van der Waals surface area contributed by atoms with Crippen molar-refractivity contribution in [3.05, 3.63) is 66.6 Å². The van der Waals surface area contributed by atoms with E-state index >= 15 is 0 Å². The molecule has 0 spiro atoms. The first kappa shape index (κ1) is 17.3. The Hall–Kier alpha value is -3.48. The number of carbonyl (C=O) groups excluding carboxylic acids is 1. The van der Waals surface area contributed by atoms with E-state index in [0.29, 0.717) is 11.8 Å². The lowest BCUT2D eigenvalue weighted by atomic mass is 10.1. The van der Waals surface area contributed by atoms with E-state index in [-0.39, 0.29) is 12.1 Å². The number of anilines is 1. The third-order valence-electron chi connectivity index (χ3n) is 3.80. The van der Waals surface area contributed by atoms with Gasteiger partial charge < -0.3 is 10.1 Å². The molecular formula is C19H19N5O2. The summed E-state index contributed by atoms with van der Waals surface area (Å²) in [6.45, 7) is 1.93. The predicted molar refractivity (Wildman–Crippen MR) is 98.8 cm³/mol. The zero-order valence-corrected chi connectivity index (χ0v) is 14.5. The summed E-state index contributed by atoms with van der Waals surface area (Å²) in [6.07, 6.45) is 4.97. The number of benzene rings is 1. The second-order valence-corrected chi connectivity index (χ2v) is 5.62. The van der Waals surface area contributed by atoms with Crippen molar-refractivity contribution < 1.29 is 9.53 Å². The van der Waals surface area contributed by atoms with E-state index in [1.807, 2.05) is 43.3 Å². The van der Waals surface area contributed by atoms with Crippen LogP contribution in [0.5, 0.6) is 6.01 Å². The van der Waals surface area contributed by atoms with Crippen molar-refractivity contribution in [2.24, 2.45) is 0 Å². The van der Waals surface area contributed by atoms with Crippen LogP contribution < -0.4 is 15.4 Å². The van der Waals surface area contributed by atoms with Gasteiger partial charge in [-0.2, -0.15) is 0 Å². The SMILES string of the molecule is COc1ncc(-c2ccc(NC(=O)N[C@@H](C)c3ccccc3)nc2)cn1. The van der Waals surface area contributed by atoms with Crippen LogP contribution in [0.4, 0.5) is 10.6 Å². The third kappa shape index (κ3) is 4.32. The molecule has 3 rings (SSSR count). The van der Waals surface area contributed by atoms with E-state index in [1.165, 1.54) is 7.11 Å². The Bertz CT molecular complexity index is 851. The number of ether oxygens (including phenoxy) is 1. The van der Waals surface area contributed by atoms with Crippen LogP contribution in [-0.4, -0.2) is 28.1 Å². The zero-order chi connectivity index (χ0) is 18.4. The van der Waals surface area contributed by atoms with Crippen LogP contribution in [0.3, 0.4) is 0 Å². The molecule has 0 radical (unpaired) electrons. The highest BCUT2D eigenvalue weighted by molar-refractivity contribution is 5.88. The molecule has 3 aromatic rings. The van der Waals surface area contributed by atoms with Crippen LogP contribution in [0.15, 0.2) is 61.1 Å². The zero-order valence-electron chi connectivity index (χ0n) is 14.5. The van der Waals surface area contributed by atoms with Crippen molar-refractivity contribution in [3.63, 3.8) is 0 Å². The maximum Gasteiger partial charge on any atom is 0.320 e. The van der Waals surface area contributed by atoms with Crippen LogP contribution in [0.1, 0.15) is 18.5 Å². The minimum absolute atomic E-state index is 0.105. The Balaban J connectivity index is 1.60. The monoisotopic (exact) mass is 349 g/mol. The predicted octanol–water partition coefficient (Wildman–Crippen LogP) is 3.43. The molecule has 0 fully saturated rings. The van der Waals surface area contributed by atoms with E-state index in [1.54, 1.807) is 24.7 Å². The first-order valence-corrected chi connectivity index (χ1v) is 8.10. The summed E-state index contributed by atoms with van der Waals surface area (Å²) in [5, 5.41) is 5.61. The molecule has 7 heteroatoms. The Kier molecular flexibility index (Phi) is 5.38. The number of amides is 2. The average Bonchev–Trinajstić information content (AvgIpc) is 2.69. The van der Waals surface area contributed by atoms with E-state index in [4.69, 9.17) is 4.74 Å². The van der Waals surface area contributed by atoms with E-state index in [0.717, 1.165) is 16.7 Å². The van der Waals surface area contributed by atoms with Crippen molar-refractivity contribution >= 4 is 11.8 Å². The van der Waals surface area contributed by atoms with Gasteiger partial charge in [0, 0.05) is 29.7 Å². The summed E-state index contributed by atoms with van der Waals surface area (Å²) in [5.74, 6) is 0.459. The van der Waals surface area contributed by atoms with E-state index in [9.17, 15) is 4.79 Å². The smallest absolute Gasteiger partial charge is 0.320 e. The van der Waals surface area contributed by atoms with Gasteiger partial charge in [0.1, 0.15) is 5.82 Å². The van der Waals surface area contributed by atoms with Crippen LogP contribution in [0.2, 0.25) is 0 Å². The summed E-state index contributed by atoms with van der Waals surface area (Å²) in [5.41, 5.74) is 2.69. The largest absolute Gasteiger partial charge is 0.467 e. The molecule has 2 amide bonds. The molecule has 0 aliphatic rings. The molecule has 0 saturated carbocycles. The molecule has 0 aliphatic carbocycles. The van der Waals surface area contributed by atoms with E-state index < -0.39 is 0 Å². The molecule has 2 N–H and O–H groups in total. The number of pyridine rings is 1. The number of urea groups is 1. The van der Waals surface area contributed by atoms with Crippen LogP contribution in [-0.2, 0) is 0 Å². The van der Waals surface area contributed by atoms with Crippen molar-refractivity contribution in [2.75, 3.05) is 12.4 Å². The Labute approximate surface area is 151 Å². The average molecular weight is 349 g/mol. The highest BCUT2D eigenvalue weighted by Crippen LogP contribution is 2.19. The summed E-state index contributed by atoms with van der Waals surface area (Å²) in [4.78, 5) is 24.5. The van der Waals surface area contributed by atoms with Gasteiger partial charge in [0.05, 0.1) is 13.2 Å². The summed E-state index contributed by atoms with van der Waals surface area (Å²) < 4.78 is 4.94. The maximum atomic E-state index is 12.1. The van der Waals surface area contributed by atoms with Gasteiger partial charge in [-0.15, -0.1) is 0 Å².